The van der Waals surface area contributed by atoms with Gasteiger partial charge in [0.25, 0.3) is 0 Å². The standard InChI is InChI=1S/C24H29N3O4/c1-15(29)25-9-8-20-21-12-19(31-3)4-6-22(21)26-23(20)13-27-17(14-28)10-16-11-18(30-2)5-7-24(16)27/h4-7,11-12,17,26,28H,8-10,13-14H2,1-3H3,(H,25,29). The summed E-state index contributed by atoms with van der Waals surface area (Å²) in [6, 6.07) is 12.1. The maximum absolute atomic E-state index is 11.4. The molecule has 0 saturated carbocycles. The van der Waals surface area contributed by atoms with Crippen LogP contribution in [0.3, 0.4) is 0 Å². The maximum atomic E-state index is 11.4. The van der Waals surface area contributed by atoms with E-state index >= 15 is 0 Å². The number of aliphatic hydroxyl groups is 1. The van der Waals surface area contributed by atoms with Gasteiger partial charge in [-0.3, -0.25) is 4.79 Å². The number of benzene rings is 2. The van der Waals surface area contributed by atoms with Crippen molar-refractivity contribution in [3.05, 3.63) is 53.2 Å². The van der Waals surface area contributed by atoms with E-state index in [-0.39, 0.29) is 18.6 Å². The quantitative estimate of drug-likeness (QED) is 0.519. The first-order valence-corrected chi connectivity index (χ1v) is 10.5. The van der Waals surface area contributed by atoms with Gasteiger partial charge in [-0.05, 0) is 60.4 Å². The van der Waals surface area contributed by atoms with Crippen molar-refractivity contribution < 1.29 is 19.4 Å². The van der Waals surface area contributed by atoms with Crippen molar-refractivity contribution in [3.63, 3.8) is 0 Å². The van der Waals surface area contributed by atoms with E-state index in [0.717, 1.165) is 45.8 Å². The summed E-state index contributed by atoms with van der Waals surface area (Å²) < 4.78 is 10.8. The Bertz CT molecular complexity index is 1090. The van der Waals surface area contributed by atoms with E-state index in [1.807, 2.05) is 30.3 Å². The van der Waals surface area contributed by atoms with E-state index in [9.17, 15) is 9.90 Å². The number of aromatic nitrogens is 1. The van der Waals surface area contributed by atoms with Gasteiger partial charge in [0.1, 0.15) is 11.5 Å². The van der Waals surface area contributed by atoms with Gasteiger partial charge in [-0.1, -0.05) is 0 Å². The number of hydrogen-bond acceptors (Lipinski definition) is 5. The largest absolute Gasteiger partial charge is 0.497 e. The fourth-order valence-corrected chi connectivity index (χ4v) is 4.43. The zero-order chi connectivity index (χ0) is 22.0. The number of carbonyl (C=O) groups excluding carboxylic acids is 1. The summed E-state index contributed by atoms with van der Waals surface area (Å²) >= 11 is 0. The van der Waals surface area contributed by atoms with E-state index in [1.165, 1.54) is 12.5 Å². The summed E-state index contributed by atoms with van der Waals surface area (Å²) in [5.41, 5.74) is 5.56. The highest BCUT2D eigenvalue weighted by Crippen LogP contribution is 2.37. The second kappa shape index (κ2) is 8.89. The number of aliphatic hydroxyl groups excluding tert-OH is 1. The molecule has 2 aromatic carbocycles. The van der Waals surface area contributed by atoms with Gasteiger partial charge in [-0.25, -0.2) is 0 Å². The Hall–Kier alpha value is -3.19. The molecular weight excluding hydrogens is 394 g/mol. The highest BCUT2D eigenvalue weighted by atomic mass is 16.5. The highest BCUT2D eigenvalue weighted by Gasteiger charge is 2.30. The Morgan fingerprint density at radius 1 is 1.19 bits per heavy atom. The van der Waals surface area contributed by atoms with Gasteiger partial charge in [-0.15, -0.1) is 0 Å². The third kappa shape index (κ3) is 4.18. The molecule has 0 bridgehead atoms. The molecule has 1 atom stereocenters. The lowest BCUT2D eigenvalue weighted by atomic mass is 10.1. The third-order valence-electron chi connectivity index (χ3n) is 5.98. The van der Waals surface area contributed by atoms with Crippen molar-refractivity contribution >= 4 is 22.5 Å². The minimum atomic E-state index is -0.0401. The second-order valence-electron chi connectivity index (χ2n) is 7.89. The van der Waals surface area contributed by atoms with Gasteiger partial charge in [0.2, 0.25) is 5.91 Å². The molecule has 1 amide bonds. The first kappa shape index (κ1) is 21.1. The number of ether oxygens (including phenoxy) is 2. The Labute approximate surface area is 182 Å². The van der Waals surface area contributed by atoms with Crippen molar-refractivity contribution in [2.75, 3.05) is 32.3 Å². The van der Waals surface area contributed by atoms with Crippen LogP contribution in [0.25, 0.3) is 10.9 Å². The van der Waals surface area contributed by atoms with Gasteiger partial charge in [0, 0.05) is 35.8 Å². The molecular formula is C24H29N3O4. The molecule has 1 unspecified atom stereocenters. The van der Waals surface area contributed by atoms with Crippen LogP contribution in [0.1, 0.15) is 23.7 Å². The average Bonchev–Trinajstić information content (AvgIpc) is 3.30. The SMILES string of the molecule is COc1ccc2c(c1)CC(CO)N2Cc1[nH]c2ccc(OC)cc2c1CCNC(C)=O. The van der Waals surface area contributed by atoms with Gasteiger partial charge in [-0.2, -0.15) is 0 Å². The fourth-order valence-electron chi connectivity index (χ4n) is 4.43. The van der Waals surface area contributed by atoms with Crippen LogP contribution in [0, 0.1) is 0 Å². The number of carbonyl (C=O) groups is 1. The average molecular weight is 424 g/mol. The van der Waals surface area contributed by atoms with E-state index in [2.05, 4.69) is 21.3 Å². The predicted molar refractivity (Wildman–Crippen MR) is 121 cm³/mol. The number of aromatic amines is 1. The molecule has 7 nitrogen and oxygen atoms in total. The number of fused-ring (bicyclic) bond motifs is 2. The number of anilines is 1. The van der Waals surface area contributed by atoms with Crippen LogP contribution in [-0.4, -0.2) is 49.4 Å². The minimum Gasteiger partial charge on any atom is -0.497 e. The van der Waals surface area contributed by atoms with Crippen molar-refractivity contribution in [3.8, 4) is 11.5 Å². The monoisotopic (exact) mass is 423 g/mol. The summed E-state index contributed by atoms with van der Waals surface area (Å²) in [7, 11) is 3.32. The molecule has 7 heteroatoms. The summed E-state index contributed by atoms with van der Waals surface area (Å²) in [5.74, 6) is 1.58. The smallest absolute Gasteiger partial charge is 0.216 e. The topological polar surface area (TPSA) is 86.8 Å². The van der Waals surface area contributed by atoms with Crippen LogP contribution in [0.15, 0.2) is 36.4 Å². The van der Waals surface area contributed by atoms with Crippen LogP contribution >= 0.6 is 0 Å². The second-order valence-corrected chi connectivity index (χ2v) is 7.89. The normalized spacial score (nSPS) is 15.2. The fraction of sp³-hybridized carbons (Fsp3) is 0.375. The van der Waals surface area contributed by atoms with Crippen LogP contribution in [0.2, 0.25) is 0 Å². The Morgan fingerprint density at radius 3 is 2.65 bits per heavy atom. The first-order chi connectivity index (χ1) is 15.0. The summed E-state index contributed by atoms with van der Waals surface area (Å²) in [4.78, 5) is 17.2. The molecule has 0 radical (unpaired) electrons. The molecule has 3 aromatic rings. The lowest BCUT2D eigenvalue weighted by Crippen LogP contribution is -2.34. The van der Waals surface area contributed by atoms with Gasteiger partial charge >= 0.3 is 0 Å². The van der Waals surface area contributed by atoms with E-state index in [4.69, 9.17) is 9.47 Å². The molecule has 164 valence electrons. The third-order valence-corrected chi connectivity index (χ3v) is 5.98. The van der Waals surface area contributed by atoms with Crippen LogP contribution in [-0.2, 0) is 24.2 Å². The maximum Gasteiger partial charge on any atom is 0.216 e. The summed E-state index contributed by atoms with van der Waals surface area (Å²) in [6.45, 7) is 2.80. The van der Waals surface area contributed by atoms with Gasteiger partial charge in [0.15, 0.2) is 0 Å². The van der Waals surface area contributed by atoms with E-state index in [0.29, 0.717) is 19.5 Å². The first-order valence-electron chi connectivity index (χ1n) is 10.5. The molecule has 1 aliphatic rings. The number of H-pyrrole nitrogens is 1. The Balaban J connectivity index is 1.70. The molecule has 1 aliphatic heterocycles. The Kier molecular flexibility index (Phi) is 6.04. The van der Waals surface area contributed by atoms with Crippen LogP contribution < -0.4 is 19.7 Å². The molecule has 0 spiro atoms. The molecule has 0 saturated heterocycles. The van der Waals surface area contributed by atoms with Gasteiger partial charge in [0.05, 0.1) is 33.4 Å². The van der Waals surface area contributed by atoms with E-state index in [1.54, 1.807) is 14.2 Å². The predicted octanol–water partition coefficient (Wildman–Crippen LogP) is 2.79. The number of amides is 1. The number of methoxy groups -OCH3 is 2. The molecule has 4 rings (SSSR count). The summed E-state index contributed by atoms with van der Waals surface area (Å²) in [6.07, 6.45) is 1.48. The van der Waals surface area contributed by atoms with Gasteiger partial charge < -0.3 is 29.8 Å². The number of nitrogens with zero attached hydrogens (tertiary/aromatic N) is 1. The van der Waals surface area contributed by atoms with Crippen molar-refractivity contribution in [2.45, 2.75) is 32.4 Å². The van der Waals surface area contributed by atoms with Crippen molar-refractivity contribution in [1.82, 2.24) is 10.3 Å². The molecule has 0 aliphatic carbocycles. The van der Waals surface area contributed by atoms with Crippen LogP contribution in [0.4, 0.5) is 5.69 Å². The zero-order valence-electron chi connectivity index (χ0n) is 18.2. The molecule has 3 N–H and O–H groups in total. The zero-order valence-corrected chi connectivity index (χ0v) is 18.2. The molecule has 0 fully saturated rings. The number of hydrogen-bond donors (Lipinski definition) is 3. The van der Waals surface area contributed by atoms with Crippen molar-refractivity contribution in [2.24, 2.45) is 0 Å². The molecule has 31 heavy (non-hydrogen) atoms. The molecule has 1 aromatic heterocycles. The van der Waals surface area contributed by atoms with Crippen molar-refractivity contribution in [1.29, 1.82) is 0 Å². The summed E-state index contributed by atoms with van der Waals surface area (Å²) in [5, 5.41) is 14.0. The highest BCUT2D eigenvalue weighted by molar-refractivity contribution is 5.86. The number of nitrogens with one attached hydrogen (secondary N) is 2. The lowest BCUT2D eigenvalue weighted by molar-refractivity contribution is -0.118. The minimum absolute atomic E-state index is 0.00579. The van der Waals surface area contributed by atoms with Crippen LogP contribution in [0.5, 0.6) is 11.5 Å². The Morgan fingerprint density at radius 2 is 1.94 bits per heavy atom. The lowest BCUT2D eigenvalue weighted by Gasteiger charge is -2.26. The molecule has 2 heterocycles. The van der Waals surface area contributed by atoms with E-state index < -0.39 is 0 Å². The number of rotatable bonds is 8.